The number of aliphatic hydroxyl groups excluding tert-OH is 1. The van der Waals surface area contributed by atoms with Crippen molar-refractivity contribution in [2.75, 3.05) is 6.61 Å². The zero-order valence-electron chi connectivity index (χ0n) is 10.5. The van der Waals surface area contributed by atoms with Crippen molar-refractivity contribution in [3.63, 3.8) is 0 Å². The van der Waals surface area contributed by atoms with Gasteiger partial charge in [0, 0.05) is 31.1 Å². The van der Waals surface area contributed by atoms with E-state index in [0.29, 0.717) is 5.92 Å². The van der Waals surface area contributed by atoms with E-state index in [2.05, 4.69) is 46.0 Å². The number of benzene rings is 1. The Morgan fingerprint density at radius 3 is 2.78 bits per heavy atom. The Balaban J connectivity index is 1.99. The van der Waals surface area contributed by atoms with Gasteiger partial charge in [-0.3, -0.25) is 0 Å². The van der Waals surface area contributed by atoms with Gasteiger partial charge in [-0.15, -0.1) is 10.2 Å². The SMILES string of the molecule is Cc1ccc(-c2nnc3n2CC(CO)CC3)cc1. The number of aryl methyl sites for hydroxylation is 2. The number of fused-ring (bicyclic) bond motifs is 1. The fourth-order valence-corrected chi connectivity index (χ4v) is 2.46. The molecule has 4 heteroatoms. The standard InChI is InChI=1S/C14H17N3O/c1-10-2-5-12(6-3-10)14-16-15-13-7-4-11(9-18)8-17(13)14/h2-3,5-6,11,18H,4,7-9H2,1H3. The van der Waals surface area contributed by atoms with Crippen molar-refractivity contribution >= 4 is 0 Å². The Labute approximate surface area is 106 Å². The van der Waals surface area contributed by atoms with Gasteiger partial charge in [-0.25, -0.2) is 0 Å². The molecule has 1 aliphatic rings. The molecule has 2 heterocycles. The Morgan fingerprint density at radius 2 is 2.06 bits per heavy atom. The molecule has 4 nitrogen and oxygen atoms in total. The van der Waals surface area contributed by atoms with Gasteiger partial charge in [0.15, 0.2) is 5.82 Å². The highest BCUT2D eigenvalue weighted by Crippen LogP contribution is 2.25. The molecule has 0 saturated carbocycles. The van der Waals surface area contributed by atoms with E-state index in [0.717, 1.165) is 36.6 Å². The Bertz CT molecular complexity index is 545. The highest BCUT2D eigenvalue weighted by atomic mass is 16.3. The van der Waals surface area contributed by atoms with Gasteiger partial charge >= 0.3 is 0 Å². The van der Waals surface area contributed by atoms with Crippen molar-refractivity contribution in [1.82, 2.24) is 14.8 Å². The molecule has 18 heavy (non-hydrogen) atoms. The molecule has 0 aliphatic carbocycles. The van der Waals surface area contributed by atoms with Gasteiger partial charge in [0.2, 0.25) is 0 Å². The Morgan fingerprint density at radius 1 is 1.28 bits per heavy atom. The van der Waals surface area contributed by atoms with Crippen molar-refractivity contribution in [2.45, 2.75) is 26.3 Å². The molecule has 0 amide bonds. The molecule has 1 aromatic heterocycles. The van der Waals surface area contributed by atoms with Crippen molar-refractivity contribution in [3.05, 3.63) is 35.7 Å². The summed E-state index contributed by atoms with van der Waals surface area (Å²) in [6, 6.07) is 8.33. The maximum atomic E-state index is 9.30. The monoisotopic (exact) mass is 243 g/mol. The molecular weight excluding hydrogens is 226 g/mol. The average molecular weight is 243 g/mol. The van der Waals surface area contributed by atoms with Crippen LogP contribution in [0.25, 0.3) is 11.4 Å². The van der Waals surface area contributed by atoms with Gasteiger partial charge in [-0.2, -0.15) is 0 Å². The first-order valence-corrected chi connectivity index (χ1v) is 6.38. The number of hydrogen-bond acceptors (Lipinski definition) is 3. The first-order valence-electron chi connectivity index (χ1n) is 6.38. The van der Waals surface area contributed by atoms with Gasteiger partial charge in [0.25, 0.3) is 0 Å². The van der Waals surface area contributed by atoms with Gasteiger partial charge < -0.3 is 9.67 Å². The summed E-state index contributed by atoms with van der Waals surface area (Å²) in [6.07, 6.45) is 1.91. The van der Waals surface area contributed by atoms with Crippen LogP contribution >= 0.6 is 0 Å². The lowest BCUT2D eigenvalue weighted by Gasteiger charge is -2.22. The second kappa shape index (κ2) is 4.53. The summed E-state index contributed by atoms with van der Waals surface area (Å²) in [6.45, 7) is 3.14. The molecule has 1 atom stereocenters. The van der Waals surface area contributed by atoms with E-state index in [9.17, 15) is 5.11 Å². The van der Waals surface area contributed by atoms with Crippen molar-refractivity contribution in [2.24, 2.45) is 5.92 Å². The van der Waals surface area contributed by atoms with Crippen LogP contribution in [0.2, 0.25) is 0 Å². The maximum Gasteiger partial charge on any atom is 0.163 e. The summed E-state index contributed by atoms with van der Waals surface area (Å²) >= 11 is 0. The minimum atomic E-state index is 0.241. The van der Waals surface area contributed by atoms with Crippen LogP contribution in [0.3, 0.4) is 0 Å². The largest absolute Gasteiger partial charge is 0.396 e. The van der Waals surface area contributed by atoms with Gasteiger partial charge in [0.1, 0.15) is 5.82 Å². The maximum absolute atomic E-state index is 9.30. The lowest BCUT2D eigenvalue weighted by Crippen LogP contribution is -2.23. The first kappa shape index (κ1) is 11.4. The molecule has 0 saturated heterocycles. The van der Waals surface area contributed by atoms with E-state index in [-0.39, 0.29) is 6.61 Å². The van der Waals surface area contributed by atoms with E-state index in [1.165, 1.54) is 5.56 Å². The summed E-state index contributed by atoms with van der Waals surface area (Å²) in [5.74, 6) is 2.29. The highest BCUT2D eigenvalue weighted by molar-refractivity contribution is 5.55. The van der Waals surface area contributed by atoms with Crippen LogP contribution in [0.5, 0.6) is 0 Å². The van der Waals surface area contributed by atoms with Crippen LogP contribution in [-0.4, -0.2) is 26.5 Å². The highest BCUT2D eigenvalue weighted by Gasteiger charge is 2.22. The van der Waals surface area contributed by atoms with Gasteiger partial charge in [-0.05, 0) is 13.3 Å². The Kier molecular flexibility index (Phi) is 2.88. The van der Waals surface area contributed by atoms with Crippen LogP contribution in [0.15, 0.2) is 24.3 Å². The normalized spacial score (nSPS) is 18.7. The van der Waals surface area contributed by atoms with E-state index >= 15 is 0 Å². The van der Waals surface area contributed by atoms with E-state index in [1.807, 2.05) is 0 Å². The molecule has 1 N–H and O–H groups in total. The number of nitrogens with zero attached hydrogens (tertiary/aromatic N) is 3. The van der Waals surface area contributed by atoms with Crippen LogP contribution < -0.4 is 0 Å². The topological polar surface area (TPSA) is 50.9 Å². The number of aliphatic hydroxyl groups is 1. The Hall–Kier alpha value is -1.68. The average Bonchev–Trinajstić information content (AvgIpc) is 2.82. The van der Waals surface area contributed by atoms with Crippen LogP contribution in [0.1, 0.15) is 17.8 Å². The van der Waals surface area contributed by atoms with Crippen molar-refractivity contribution in [1.29, 1.82) is 0 Å². The third kappa shape index (κ3) is 1.93. The predicted molar refractivity (Wildman–Crippen MR) is 69.1 cm³/mol. The third-order valence-electron chi connectivity index (χ3n) is 3.61. The second-order valence-electron chi connectivity index (χ2n) is 5.00. The predicted octanol–water partition coefficient (Wildman–Crippen LogP) is 1.81. The fraction of sp³-hybridized carbons (Fsp3) is 0.429. The lowest BCUT2D eigenvalue weighted by atomic mass is 10.00. The molecule has 2 aromatic rings. The summed E-state index contributed by atoms with van der Waals surface area (Å²) < 4.78 is 2.15. The number of rotatable bonds is 2. The summed E-state index contributed by atoms with van der Waals surface area (Å²) in [7, 11) is 0. The van der Waals surface area contributed by atoms with E-state index < -0.39 is 0 Å². The minimum absolute atomic E-state index is 0.241. The van der Waals surface area contributed by atoms with E-state index in [1.54, 1.807) is 0 Å². The van der Waals surface area contributed by atoms with Crippen LogP contribution in [-0.2, 0) is 13.0 Å². The molecule has 1 aromatic carbocycles. The fourth-order valence-electron chi connectivity index (χ4n) is 2.46. The van der Waals surface area contributed by atoms with Crippen molar-refractivity contribution < 1.29 is 5.11 Å². The number of hydrogen-bond donors (Lipinski definition) is 1. The molecule has 3 rings (SSSR count). The molecular formula is C14H17N3O. The summed E-state index contributed by atoms with van der Waals surface area (Å²) in [4.78, 5) is 0. The summed E-state index contributed by atoms with van der Waals surface area (Å²) in [5, 5.41) is 17.9. The van der Waals surface area contributed by atoms with Crippen LogP contribution in [0.4, 0.5) is 0 Å². The molecule has 0 radical (unpaired) electrons. The smallest absolute Gasteiger partial charge is 0.163 e. The van der Waals surface area contributed by atoms with E-state index in [4.69, 9.17) is 0 Å². The zero-order valence-corrected chi connectivity index (χ0v) is 10.5. The molecule has 0 bridgehead atoms. The first-order chi connectivity index (χ1) is 8.78. The minimum Gasteiger partial charge on any atom is -0.396 e. The third-order valence-corrected chi connectivity index (χ3v) is 3.61. The quantitative estimate of drug-likeness (QED) is 0.875. The molecule has 1 unspecified atom stereocenters. The second-order valence-corrected chi connectivity index (χ2v) is 5.00. The molecule has 0 fully saturated rings. The zero-order chi connectivity index (χ0) is 12.5. The lowest BCUT2D eigenvalue weighted by molar-refractivity contribution is 0.191. The van der Waals surface area contributed by atoms with Gasteiger partial charge in [0.05, 0.1) is 0 Å². The number of aromatic nitrogens is 3. The summed E-state index contributed by atoms with van der Waals surface area (Å²) in [5.41, 5.74) is 2.34. The molecule has 94 valence electrons. The van der Waals surface area contributed by atoms with Crippen LogP contribution in [0, 0.1) is 12.8 Å². The molecule has 0 spiro atoms. The molecule has 1 aliphatic heterocycles. The van der Waals surface area contributed by atoms with Crippen molar-refractivity contribution in [3.8, 4) is 11.4 Å². The van der Waals surface area contributed by atoms with Gasteiger partial charge in [-0.1, -0.05) is 29.8 Å².